The van der Waals surface area contributed by atoms with Gasteiger partial charge in [-0.05, 0) is 91.6 Å². The van der Waals surface area contributed by atoms with Gasteiger partial charge in [-0.1, -0.05) is 12.1 Å². The number of hydrogen-bond acceptors (Lipinski definition) is 5. The lowest BCUT2D eigenvalue weighted by Crippen LogP contribution is -2.13. The number of ether oxygens (including phenoxy) is 3. The fraction of sp³-hybridized carbons (Fsp3) is 0.406. The Labute approximate surface area is 227 Å². The molecule has 0 radical (unpaired) electrons. The van der Waals surface area contributed by atoms with Crippen LogP contribution < -0.4 is 14.2 Å². The third-order valence-corrected chi connectivity index (χ3v) is 8.28. The SMILES string of the molecule is Cc1cc(OC2CCC(O)C2)cc(C)c1-c1ccc(F)c2c1CC[C@H]2Oc1ccc2c(c1)OC[C@H]2CC(=O)O. The maximum Gasteiger partial charge on any atom is 0.304 e. The summed E-state index contributed by atoms with van der Waals surface area (Å²) >= 11 is 0. The molecule has 0 bridgehead atoms. The number of carboxylic acids is 1. The Balaban J connectivity index is 1.26. The molecule has 4 atom stereocenters. The summed E-state index contributed by atoms with van der Waals surface area (Å²) < 4.78 is 33.5. The number of benzene rings is 3. The number of aliphatic hydroxyl groups excluding tert-OH is 1. The number of aliphatic hydroxyl groups is 1. The summed E-state index contributed by atoms with van der Waals surface area (Å²) in [5.41, 5.74) is 6.66. The molecule has 6 rings (SSSR count). The van der Waals surface area contributed by atoms with Crippen LogP contribution in [0.1, 0.15) is 71.9 Å². The molecule has 39 heavy (non-hydrogen) atoms. The summed E-state index contributed by atoms with van der Waals surface area (Å²) in [6.07, 6.45) is 2.99. The molecule has 2 unspecified atom stereocenters. The van der Waals surface area contributed by atoms with Gasteiger partial charge in [0.1, 0.15) is 35.3 Å². The highest BCUT2D eigenvalue weighted by Crippen LogP contribution is 2.45. The van der Waals surface area contributed by atoms with Gasteiger partial charge in [0.05, 0.1) is 19.1 Å². The second-order valence-corrected chi connectivity index (χ2v) is 11.1. The van der Waals surface area contributed by atoms with Crippen LogP contribution in [0.3, 0.4) is 0 Å². The van der Waals surface area contributed by atoms with Crippen molar-refractivity contribution in [2.45, 2.75) is 76.6 Å². The average Bonchev–Trinajstić information content (AvgIpc) is 3.59. The lowest BCUT2D eigenvalue weighted by atomic mass is 9.90. The predicted octanol–water partition coefficient (Wildman–Crippen LogP) is 6.42. The number of hydrogen-bond donors (Lipinski definition) is 2. The van der Waals surface area contributed by atoms with Crippen molar-refractivity contribution < 1.29 is 33.6 Å². The Morgan fingerprint density at radius 1 is 1.03 bits per heavy atom. The summed E-state index contributed by atoms with van der Waals surface area (Å²) in [5.74, 6) is 0.714. The molecule has 2 aliphatic carbocycles. The molecule has 6 nitrogen and oxygen atoms in total. The number of carbonyl (C=O) groups is 1. The molecule has 7 heteroatoms. The number of fused-ring (bicyclic) bond motifs is 2. The van der Waals surface area contributed by atoms with Gasteiger partial charge in [-0.3, -0.25) is 4.79 Å². The summed E-state index contributed by atoms with van der Waals surface area (Å²) in [7, 11) is 0. The van der Waals surface area contributed by atoms with Crippen LogP contribution in [-0.4, -0.2) is 35.0 Å². The van der Waals surface area contributed by atoms with Gasteiger partial charge in [0.25, 0.3) is 0 Å². The van der Waals surface area contributed by atoms with Crippen molar-refractivity contribution in [3.63, 3.8) is 0 Å². The minimum absolute atomic E-state index is 0.0207. The van der Waals surface area contributed by atoms with E-state index in [0.29, 0.717) is 42.9 Å². The van der Waals surface area contributed by atoms with E-state index in [1.165, 1.54) is 6.07 Å². The largest absolute Gasteiger partial charge is 0.492 e. The molecule has 1 saturated carbocycles. The van der Waals surface area contributed by atoms with Crippen LogP contribution in [0.2, 0.25) is 0 Å². The average molecular weight is 533 g/mol. The molecule has 204 valence electrons. The van der Waals surface area contributed by atoms with Gasteiger partial charge in [0, 0.05) is 29.5 Å². The van der Waals surface area contributed by atoms with E-state index >= 15 is 4.39 Å². The van der Waals surface area contributed by atoms with Crippen molar-refractivity contribution in [3.8, 4) is 28.4 Å². The molecule has 0 amide bonds. The molecule has 3 aromatic rings. The van der Waals surface area contributed by atoms with Crippen molar-refractivity contribution >= 4 is 5.97 Å². The predicted molar refractivity (Wildman–Crippen MR) is 144 cm³/mol. The van der Waals surface area contributed by atoms with Gasteiger partial charge >= 0.3 is 5.97 Å². The number of aryl methyl sites for hydroxylation is 2. The van der Waals surface area contributed by atoms with E-state index in [4.69, 9.17) is 19.3 Å². The van der Waals surface area contributed by atoms with Gasteiger partial charge < -0.3 is 24.4 Å². The van der Waals surface area contributed by atoms with E-state index in [-0.39, 0.29) is 30.4 Å². The molecule has 1 heterocycles. The quantitative estimate of drug-likeness (QED) is 0.365. The zero-order chi connectivity index (χ0) is 27.3. The normalized spacial score (nSPS) is 23.3. The Hall–Kier alpha value is -3.58. The third-order valence-electron chi connectivity index (χ3n) is 8.28. The Kier molecular flexibility index (Phi) is 6.71. The Bertz CT molecular complexity index is 1410. The maximum absolute atomic E-state index is 15.3. The molecular weight excluding hydrogens is 499 g/mol. The first kappa shape index (κ1) is 25.7. The van der Waals surface area contributed by atoms with Crippen LogP contribution in [0.4, 0.5) is 4.39 Å². The number of halogens is 1. The van der Waals surface area contributed by atoms with Crippen LogP contribution in [0.25, 0.3) is 11.1 Å². The van der Waals surface area contributed by atoms with Crippen LogP contribution in [-0.2, 0) is 11.2 Å². The highest BCUT2D eigenvalue weighted by atomic mass is 19.1. The molecular formula is C32H33FO6. The van der Waals surface area contributed by atoms with E-state index in [1.54, 1.807) is 6.07 Å². The first-order valence-electron chi connectivity index (χ1n) is 13.7. The third kappa shape index (κ3) is 4.96. The van der Waals surface area contributed by atoms with E-state index in [2.05, 4.69) is 13.8 Å². The topological polar surface area (TPSA) is 85.2 Å². The zero-order valence-electron chi connectivity index (χ0n) is 22.2. The first-order chi connectivity index (χ1) is 18.8. The van der Waals surface area contributed by atoms with Gasteiger partial charge in [0.15, 0.2) is 0 Å². The number of aliphatic carboxylic acids is 1. The first-order valence-corrected chi connectivity index (χ1v) is 13.7. The Morgan fingerprint density at radius 3 is 2.54 bits per heavy atom. The molecule has 0 spiro atoms. The van der Waals surface area contributed by atoms with Crippen LogP contribution in [0.5, 0.6) is 17.2 Å². The molecule has 0 saturated heterocycles. The number of carboxylic acid groups (broad SMARTS) is 1. The van der Waals surface area contributed by atoms with E-state index in [1.807, 2.05) is 30.3 Å². The summed E-state index contributed by atoms with van der Waals surface area (Å²) in [6, 6.07) is 12.9. The van der Waals surface area contributed by atoms with E-state index in [0.717, 1.165) is 52.0 Å². The maximum atomic E-state index is 15.3. The van der Waals surface area contributed by atoms with Gasteiger partial charge in [0.2, 0.25) is 0 Å². The summed E-state index contributed by atoms with van der Waals surface area (Å²) in [4.78, 5) is 11.1. The van der Waals surface area contributed by atoms with Crippen LogP contribution >= 0.6 is 0 Å². The molecule has 0 aromatic heterocycles. The summed E-state index contributed by atoms with van der Waals surface area (Å²) in [6.45, 7) is 4.44. The lowest BCUT2D eigenvalue weighted by Gasteiger charge is -2.20. The second-order valence-electron chi connectivity index (χ2n) is 11.1. The van der Waals surface area contributed by atoms with Crippen molar-refractivity contribution in [1.82, 2.24) is 0 Å². The molecule has 3 aromatic carbocycles. The minimum Gasteiger partial charge on any atom is -0.492 e. The van der Waals surface area contributed by atoms with Crippen molar-refractivity contribution in [2.75, 3.05) is 6.61 Å². The lowest BCUT2D eigenvalue weighted by molar-refractivity contribution is -0.137. The summed E-state index contributed by atoms with van der Waals surface area (Å²) in [5, 5.41) is 19.0. The van der Waals surface area contributed by atoms with Crippen molar-refractivity contribution in [3.05, 3.63) is 76.1 Å². The highest BCUT2D eigenvalue weighted by molar-refractivity contribution is 5.76. The minimum atomic E-state index is -0.855. The standard InChI is InChI=1S/C32H33FO6/c1-17-11-23(38-21-4-3-20(34)14-21)12-18(2)31(17)25-7-9-27(33)32-26(25)8-10-28(32)39-22-5-6-24-19(13-30(35)36)16-37-29(24)15-22/h5-7,9,11-12,15,19-21,28,34H,3-4,8,10,13-14,16H2,1-2H3,(H,35,36)/t19-,20?,21?,28-/m1/s1. The van der Waals surface area contributed by atoms with Gasteiger partial charge in [-0.25, -0.2) is 4.39 Å². The Morgan fingerprint density at radius 2 is 1.82 bits per heavy atom. The molecule has 1 fully saturated rings. The second kappa shape index (κ2) is 10.2. The molecule has 2 N–H and O–H groups in total. The zero-order valence-corrected chi connectivity index (χ0v) is 22.2. The number of rotatable bonds is 7. The fourth-order valence-electron chi connectivity index (χ4n) is 6.53. The van der Waals surface area contributed by atoms with E-state index < -0.39 is 12.1 Å². The molecule has 3 aliphatic rings. The van der Waals surface area contributed by atoms with Gasteiger partial charge in [-0.2, -0.15) is 0 Å². The highest BCUT2D eigenvalue weighted by Gasteiger charge is 2.32. The van der Waals surface area contributed by atoms with Crippen LogP contribution in [0.15, 0.2) is 42.5 Å². The van der Waals surface area contributed by atoms with Crippen molar-refractivity contribution in [2.24, 2.45) is 0 Å². The smallest absolute Gasteiger partial charge is 0.304 e. The monoisotopic (exact) mass is 532 g/mol. The molecule has 1 aliphatic heterocycles. The fourth-order valence-corrected chi connectivity index (χ4v) is 6.53. The van der Waals surface area contributed by atoms with E-state index in [9.17, 15) is 9.90 Å². The van der Waals surface area contributed by atoms with Gasteiger partial charge in [-0.15, -0.1) is 0 Å². The van der Waals surface area contributed by atoms with Crippen molar-refractivity contribution in [1.29, 1.82) is 0 Å². The van der Waals surface area contributed by atoms with Crippen LogP contribution in [0, 0.1) is 19.7 Å².